The molecule has 8 heteroatoms. The molecule has 1 aromatic rings. The van der Waals surface area contributed by atoms with E-state index in [1.807, 2.05) is 6.92 Å². The van der Waals surface area contributed by atoms with Gasteiger partial charge in [-0.3, -0.25) is 14.9 Å². The fourth-order valence-electron chi connectivity index (χ4n) is 1.72. The number of carboxylic acid groups (broad SMARTS) is 1. The molecular formula is C13H15ClN2O5. The molecule has 0 saturated heterocycles. The van der Waals surface area contributed by atoms with Crippen LogP contribution in [0.4, 0.5) is 5.69 Å². The van der Waals surface area contributed by atoms with Crippen LogP contribution >= 0.6 is 11.6 Å². The Kier molecular flexibility index (Phi) is 6.10. The van der Waals surface area contributed by atoms with Crippen LogP contribution in [-0.2, 0) is 4.79 Å². The fraction of sp³-hybridized carbons (Fsp3) is 0.385. The molecular weight excluding hydrogens is 300 g/mol. The maximum absolute atomic E-state index is 12.0. The SMILES string of the molecule is CCCCC(NC(=O)c1cc(Cl)cc([N+](=O)[O-])c1)C(=O)O. The summed E-state index contributed by atoms with van der Waals surface area (Å²) in [6.07, 6.45) is 1.73. The molecule has 0 spiro atoms. The van der Waals surface area contributed by atoms with Crippen molar-refractivity contribution in [1.29, 1.82) is 0 Å². The zero-order valence-electron chi connectivity index (χ0n) is 11.3. The maximum atomic E-state index is 12.0. The van der Waals surface area contributed by atoms with Gasteiger partial charge < -0.3 is 10.4 Å². The van der Waals surface area contributed by atoms with Crippen LogP contribution in [0.5, 0.6) is 0 Å². The van der Waals surface area contributed by atoms with E-state index >= 15 is 0 Å². The summed E-state index contributed by atoms with van der Waals surface area (Å²) in [5.41, 5.74) is -0.370. The van der Waals surface area contributed by atoms with E-state index in [1.54, 1.807) is 0 Å². The molecule has 0 aliphatic carbocycles. The molecule has 1 aromatic carbocycles. The first-order chi connectivity index (χ1) is 9.85. The molecule has 0 radical (unpaired) electrons. The highest BCUT2D eigenvalue weighted by molar-refractivity contribution is 6.31. The Morgan fingerprint density at radius 2 is 2.10 bits per heavy atom. The van der Waals surface area contributed by atoms with Crippen molar-refractivity contribution in [3.8, 4) is 0 Å². The summed E-state index contributed by atoms with van der Waals surface area (Å²) in [5.74, 6) is -1.85. The van der Waals surface area contributed by atoms with Crippen LogP contribution in [0.25, 0.3) is 0 Å². The largest absolute Gasteiger partial charge is 0.480 e. The van der Waals surface area contributed by atoms with Crippen LogP contribution < -0.4 is 5.32 Å². The Morgan fingerprint density at radius 1 is 1.43 bits per heavy atom. The monoisotopic (exact) mass is 314 g/mol. The second-order valence-electron chi connectivity index (χ2n) is 4.46. The molecule has 114 valence electrons. The number of hydrogen-bond donors (Lipinski definition) is 2. The van der Waals surface area contributed by atoms with Gasteiger partial charge in [0, 0.05) is 22.7 Å². The van der Waals surface area contributed by atoms with Gasteiger partial charge in [0.05, 0.1) is 4.92 Å². The zero-order chi connectivity index (χ0) is 16.0. The van der Waals surface area contributed by atoms with Gasteiger partial charge in [0.25, 0.3) is 11.6 Å². The molecule has 1 amide bonds. The first-order valence-electron chi connectivity index (χ1n) is 6.33. The number of halogens is 1. The normalized spacial score (nSPS) is 11.7. The first-order valence-corrected chi connectivity index (χ1v) is 6.71. The van der Waals surface area contributed by atoms with Gasteiger partial charge in [-0.25, -0.2) is 4.79 Å². The second kappa shape index (κ2) is 7.58. The van der Waals surface area contributed by atoms with E-state index in [0.717, 1.165) is 18.6 Å². The summed E-state index contributed by atoms with van der Waals surface area (Å²) < 4.78 is 0. The third-order valence-electron chi connectivity index (χ3n) is 2.81. The van der Waals surface area contributed by atoms with Crippen molar-refractivity contribution in [2.24, 2.45) is 0 Å². The van der Waals surface area contributed by atoms with Crippen LogP contribution in [0.15, 0.2) is 18.2 Å². The van der Waals surface area contributed by atoms with Gasteiger partial charge in [0.15, 0.2) is 0 Å². The van der Waals surface area contributed by atoms with Crippen LogP contribution in [0.1, 0.15) is 36.5 Å². The minimum Gasteiger partial charge on any atom is -0.480 e. The lowest BCUT2D eigenvalue weighted by molar-refractivity contribution is -0.384. The number of carbonyl (C=O) groups is 2. The van der Waals surface area contributed by atoms with Crippen molar-refractivity contribution in [2.75, 3.05) is 0 Å². The molecule has 0 fully saturated rings. The Hall–Kier alpha value is -2.15. The first kappa shape index (κ1) is 16.9. The minimum atomic E-state index is -1.15. The highest BCUT2D eigenvalue weighted by Crippen LogP contribution is 2.21. The molecule has 0 aliphatic heterocycles. The zero-order valence-corrected chi connectivity index (χ0v) is 12.1. The second-order valence-corrected chi connectivity index (χ2v) is 4.90. The Labute approximate surface area is 126 Å². The number of carbonyl (C=O) groups excluding carboxylic acids is 1. The third-order valence-corrected chi connectivity index (χ3v) is 3.02. The number of amides is 1. The molecule has 0 aromatic heterocycles. The topological polar surface area (TPSA) is 110 Å². The van der Waals surface area contributed by atoms with Crippen molar-refractivity contribution in [1.82, 2.24) is 5.32 Å². The fourth-order valence-corrected chi connectivity index (χ4v) is 1.95. The number of nitrogens with one attached hydrogen (secondary N) is 1. The summed E-state index contributed by atoms with van der Waals surface area (Å²) in [6, 6.07) is 2.39. The molecule has 0 bridgehead atoms. The molecule has 7 nitrogen and oxygen atoms in total. The van der Waals surface area contributed by atoms with Crippen LogP contribution in [0.3, 0.4) is 0 Å². The van der Waals surface area contributed by atoms with Gasteiger partial charge in [-0.15, -0.1) is 0 Å². The van der Waals surface area contributed by atoms with Crippen LogP contribution in [-0.4, -0.2) is 27.9 Å². The summed E-state index contributed by atoms with van der Waals surface area (Å²) in [5, 5.41) is 22.1. The Morgan fingerprint density at radius 3 is 2.62 bits per heavy atom. The summed E-state index contributed by atoms with van der Waals surface area (Å²) in [4.78, 5) is 33.1. The number of benzene rings is 1. The number of non-ortho nitro benzene ring substituents is 1. The van der Waals surface area contributed by atoms with E-state index < -0.39 is 22.8 Å². The van der Waals surface area contributed by atoms with E-state index in [-0.39, 0.29) is 16.3 Å². The lowest BCUT2D eigenvalue weighted by atomic mass is 10.1. The lowest BCUT2D eigenvalue weighted by Gasteiger charge is -2.14. The minimum absolute atomic E-state index is 0.0368. The van der Waals surface area contributed by atoms with Crippen LogP contribution in [0.2, 0.25) is 5.02 Å². The molecule has 0 heterocycles. The quantitative estimate of drug-likeness (QED) is 0.594. The summed E-state index contributed by atoms with van der Waals surface area (Å²) in [6.45, 7) is 1.90. The number of nitro groups is 1. The predicted octanol–water partition coefficient (Wildman–Crippen LogP) is 2.62. The van der Waals surface area contributed by atoms with Crippen LogP contribution in [0, 0.1) is 10.1 Å². The van der Waals surface area contributed by atoms with E-state index in [9.17, 15) is 19.7 Å². The van der Waals surface area contributed by atoms with Crippen molar-refractivity contribution < 1.29 is 19.6 Å². The van der Waals surface area contributed by atoms with Gasteiger partial charge in [0.2, 0.25) is 0 Å². The molecule has 0 saturated carbocycles. The summed E-state index contributed by atoms with van der Waals surface area (Å²) in [7, 11) is 0. The molecule has 0 aliphatic rings. The highest BCUT2D eigenvalue weighted by Gasteiger charge is 2.21. The molecule has 2 N–H and O–H groups in total. The van der Waals surface area contributed by atoms with E-state index in [2.05, 4.69) is 5.32 Å². The molecule has 1 unspecified atom stereocenters. The van der Waals surface area contributed by atoms with Gasteiger partial charge in [0.1, 0.15) is 6.04 Å². The lowest BCUT2D eigenvalue weighted by Crippen LogP contribution is -2.40. The highest BCUT2D eigenvalue weighted by atomic mass is 35.5. The van der Waals surface area contributed by atoms with Gasteiger partial charge in [-0.2, -0.15) is 0 Å². The smallest absolute Gasteiger partial charge is 0.326 e. The molecule has 1 rings (SSSR count). The van der Waals surface area contributed by atoms with Crippen molar-refractivity contribution in [3.63, 3.8) is 0 Å². The maximum Gasteiger partial charge on any atom is 0.326 e. The third kappa shape index (κ3) is 5.03. The van der Waals surface area contributed by atoms with E-state index in [4.69, 9.17) is 16.7 Å². The standard InChI is InChI=1S/C13H15ClN2O5/c1-2-3-4-11(13(18)19)15-12(17)8-5-9(14)7-10(6-8)16(20)21/h5-7,11H,2-4H2,1H3,(H,15,17)(H,18,19). The van der Waals surface area contributed by atoms with E-state index in [0.29, 0.717) is 12.8 Å². The number of nitrogens with zero attached hydrogens (tertiary/aromatic N) is 1. The van der Waals surface area contributed by atoms with Gasteiger partial charge >= 0.3 is 5.97 Å². The number of nitro benzene ring substituents is 1. The number of aliphatic carboxylic acids is 1. The number of hydrogen-bond acceptors (Lipinski definition) is 4. The number of rotatable bonds is 7. The van der Waals surface area contributed by atoms with Crippen molar-refractivity contribution >= 4 is 29.2 Å². The van der Waals surface area contributed by atoms with E-state index in [1.165, 1.54) is 6.07 Å². The average Bonchev–Trinajstić information content (AvgIpc) is 2.42. The Balaban J connectivity index is 2.92. The number of unbranched alkanes of at least 4 members (excludes halogenated alkanes) is 1. The Bertz CT molecular complexity index is 561. The van der Waals surface area contributed by atoms with Crippen molar-refractivity contribution in [2.45, 2.75) is 32.2 Å². The molecule has 21 heavy (non-hydrogen) atoms. The van der Waals surface area contributed by atoms with Crippen molar-refractivity contribution in [3.05, 3.63) is 38.9 Å². The molecule has 1 atom stereocenters. The van der Waals surface area contributed by atoms with Gasteiger partial charge in [-0.05, 0) is 12.5 Å². The average molecular weight is 315 g/mol. The number of carboxylic acids is 1. The summed E-state index contributed by atoms with van der Waals surface area (Å²) >= 11 is 5.72. The van der Waals surface area contributed by atoms with Gasteiger partial charge in [-0.1, -0.05) is 31.4 Å². The predicted molar refractivity (Wildman–Crippen MR) is 76.5 cm³/mol.